The highest BCUT2D eigenvalue weighted by atomic mass is 19.1. The number of carbonyl (C=O) groups is 4. The predicted octanol–water partition coefficient (Wildman–Crippen LogP) is 6.33. The van der Waals surface area contributed by atoms with Crippen molar-refractivity contribution in [2.24, 2.45) is 5.41 Å². The highest BCUT2D eigenvalue weighted by Gasteiger charge is 2.29. The molecule has 1 aromatic carbocycles. The van der Waals surface area contributed by atoms with Crippen LogP contribution in [0.2, 0.25) is 0 Å². The van der Waals surface area contributed by atoms with E-state index in [9.17, 15) is 28.4 Å². The van der Waals surface area contributed by atoms with Gasteiger partial charge in [0.2, 0.25) is 5.91 Å². The minimum Gasteiger partial charge on any atom is -0.443 e. The largest absolute Gasteiger partial charge is 0.443 e. The van der Waals surface area contributed by atoms with Crippen LogP contribution in [-0.4, -0.2) is 81.8 Å². The van der Waals surface area contributed by atoms with Gasteiger partial charge in [-0.15, -0.1) is 0 Å². The lowest BCUT2D eigenvalue weighted by Gasteiger charge is -2.23. The fraction of sp³-hybridized carbons (Fsp3) is 0.500. The molecule has 13 heteroatoms. The molecule has 276 valence electrons. The molecule has 0 bridgehead atoms. The van der Waals surface area contributed by atoms with E-state index in [-0.39, 0.29) is 36.4 Å². The van der Waals surface area contributed by atoms with Crippen LogP contribution in [0, 0.1) is 11.2 Å². The van der Waals surface area contributed by atoms with E-state index in [4.69, 9.17) is 9.47 Å². The van der Waals surface area contributed by atoms with Crippen LogP contribution < -0.4 is 10.9 Å². The van der Waals surface area contributed by atoms with Crippen LogP contribution in [0.5, 0.6) is 0 Å². The maximum atomic E-state index is 14.9. The molecule has 1 aliphatic rings. The van der Waals surface area contributed by atoms with Gasteiger partial charge in [-0.1, -0.05) is 26.8 Å². The van der Waals surface area contributed by atoms with Crippen LogP contribution in [0.25, 0.3) is 10.9 Å². The first-order valence-corrected chi connectivity index (χ1v) is 17.2. The molecule has 3 amide bonds. The maximum Gasteiger partial charge on any atom is 0.419 e. The van der Waals surface area contributed by atoms with Crippen molar-refractivity contribution in [3.8, 4) is 0 Å². The molecule has 1 unspecified atom stereocenters. The number of anilines is 1. The average molecular weight is 708 g/mol. The molecular weight excluding hydrogens is 657 g/mol. The molecule has 1 aliphatic heterocycles. The molecule has 1 atom stereocenters. The van der Waals surface area contributed by atoms with Gasteiger partial charge < -0.3 is 29.2 Å². The summed E-state index contributed by atoms with van der Waals surface area (Å²) < 4.78 is 29.0. The van der Waals surface area contributed by atoms with E-state index in [1.165, 1.54) is 49.4 Å². The van der Waals surface area contributed by atoms with Crippen molar-refractivity contribution in [1.29, 1.82) is 0 Å². The standard InChI is InChI=1S/C38H50FN5O7/c1-37(2,3)23-26-21-27(39)20-25-22-28(44(32(25)26)36(49)51-38(4,5)6)24-43-19-13-14-29(34(43)47)40-33(46)30(15-9-10-16-31(45)41(7)8)50-35(48)42-17-11-12-18-42/h10,13-14,16,19-22,30H,9,11-12,15,17-18,23-24H2,1-8H3,(H,40,46)/b16-10+. The fourth-order valence-electron chi connectivity index (χ4n) is 5.85. The number of likely N-dealkylation sites (tertiary alicyclic amines) is 1. The third kappa shape index (κ3) is 10.5. The number of ether oxygens (including phenoxy) is 2. The number of halogens is 1. The Morgan fingerprint density at radius 1 is 1.02 bits per heavy atom. The molecule has 0 spiro atoms. The lowest BCUT2D eigenvalue weighted by atomic mass is 9.87. The third-order valence-electron chi connectivity index (χ3n) is 8.12. The molecule has 2 aromatic heterocycles. The summed E-state index contributed by atoms with van der Waals surface area (Å²) in [6, 6.07) is 7.44. The second-order valence-electron chi connectivity index (χ2n) is 15.3. The first kappa shape index (κ1) is 38.9. The number of allylic oxidation sites excluding steroid dienone is 1. The highest BCUT2D eigenvalue weighted by Crippen LogP contribution is 2.31. The molecule has 3 aromatic rings. The summed E-state index contributed by atoms with van der Waals surface area (Å²) in [5, 5.41) is 3.11. The van der Waals surface area contributed by atoms with Crippen molar-refractivity contribution in [2.75, 3.05) is 32.5 Å². The highest BCUT2D eigenvalue weighted by molar-refractivity contribution is 5.95. The molecule has 3 heterocycles. The van der Waals surface area contributed by atoms with E-state index in [1.807, 2.05) is 20.8 Å². The number of rotatable bonds is 10. The van der Waals surface area contributed by atoms with Gasteiger partial charge in [-0.25, -0.2) is 18.5 Å². The number of likely N-dealkylation sites (N-methyl/N-ethyl adjacent to an activating group) is 1. The number of carbonyl (C=O) groups excluding carboxylic acids is 4. The predicted molar refractivity (Wildman–Crippen MR) is 193 cm³/mol. The quantitative estimate of drug-likeness (QED) is 0.244. The van der Waals surface area contributed by atoms with Gasteiger partial charge in [0.15, 0.2) is 6.10 Å². The maximum absolute atomic E-state index is 14.9. The Labute approximate surface area is 298 Å². The number of amides is 3. The molecule has 1 N–H and O–H groups in total. The number of fused-ring (bicyclic) bond motifs is 1. The van der Waals surface area contributed by atoms with E-state index < -0.39 is 41.2 Å². The van der Waals surface area contributed by atoms with Gasteiger partial charge in [0, 0.05) is 38.8 Å². The first-order chi connectivity index (χ1) is 23.8. The molecule has 1 fully saturated rings. The van der Waals surface area contributed by atoms with Gasteiger partial charge in [0.25, 0.3) is 11.5 Å². The van der Waals surface area contributed by atoms with E-state index in [1.54, 1.807) is 53.1 Å². The van der Waals surface area contributed by atoms with Crippen molar-refractivity contribution in [3.05, 3.63) is 76.1 Å². The smallest absolute Gasteiger partial charge is 0.419 e. The second-order valence-corrected chi connectivity index (χ2v) is 15.3. The summed E-state index contributed by atoms with van der Waals surface area (Å²) in [7, 11) is 3.24. The van der Waals surface area contributed by atoms with Gasteiger partial charge in [0.05, 0.1) is 17.8 Å². The number of benzene rings is 1. The van der Waals surface area contributed by atoms with Crippen molar-refractivity contribution >= 4 is 40.6 Å². The Kier molecular flexibility index (Phi) is 12.2. The molecule has 0 saturated carbocycles. The number of hydrogen-bond donors (Lipinski definition) is 1. The SMILES string of the molecule is CN(C)C(=O)/C=C/CCC(OC(=O)N1CCCC1)C(=O)Nc1cccn(Cc2cc3cc(F)cc(CC(C)(C)C)c3n2C(=O)OC(C)(C)C)c1=O. The molecule has 0 radical (unpaired) electrons. The van der Waals surface area contributed by atoms with Gasteiger partial charge in [0.1, 0.15) is 17.1 Å². The minimum atomic E-state index is -1.24. The normalized spacial score (nSPS) is 14.2. The molecule has 12 nitrogen and oxygen atoms in total. The van der Waals surface area contributed by atoms with Crippen molar-refractivity contribution in [3.63, 3.8) is 0 Å². The van der Waals surface area contributed by atoms with Crippen molar-refractivity contribution in [1.82, 2.24) is 18.9 Å². The number of nitrogens with one attached hydrogen (secondary N) is 1. The topological polar surface area (TPSA) is 132 Å². The Morgan fingerprint density at radius 3 is 2.33 bits per heavy atom. The van der Waals surface area contributed by atoms with E-state index in [0.29, 0.717) is 41.7 Å². The lowest BCUT2D eigenvalue weighted by molar-refractivity contribution is -0.125. The number of hydrogen-bond acceptors (Lipinski definition) is 7. The van der Waals surface area contributed by atoms with Gasteiger partial charge in [-0.3, -0.25) is 14.4 Å². The average Bonchev–Trinajstić information content (AvgIpc) is 3.67. The summed E-state index contributed by atoms with van der Waals surface area (Å²) in [5.74, 6) is -1.37. The van der Waals surface area contributed by atoms with E-state index >= 15 is 0 Å². The monoisotopic (exact) mass is 707 g/mol. The van der Waals surface area contributed by atoms with Crippen LogP contribution in [0.3, 0.4) is 0 Å². The summed E-state index contributed by atoms with van der Waals surface area (Å²) >= 11 is 0. The zero-order valence-electron chi connectivity index (χ0n) is 30.9. The van der Waals surface area contributed by atoms with Crippen LogP contribution in [0.4, 0.5) is 19.7 Å². The molecule has 4 rings (SSSR count). The third-order valence-corrected chi connectivity index (χ3v) is 8.12. The lowest BCUT2D eigenvalue weighted by Crippen LogP contribution is -2.39. The van der Waals surface area contributed by atoms with Crippen LogP contribution in [0.15, 0.2) is 53.5 Å². The van der Waals surface area contributed by atoms with Gasteiger partial charge in [-0.2, -0.15) is 0 Å². The Morgan fingerprint density at radius 2 is 1.71 bits per heavy atom. The number of aromatic nitrogens is 2. The van der Waals surface area contributed by atoms with Crippen molar-refractivity contribution in [2.45, 2.75) is 91.9 Å². The molecule has 0 aliphatic carbocycles. The zero-order chi connectivity index (χ0) is 37.7. The Balaban J connectivity index is 1.66. The Bertz CT molecular complexity index is 1860. The zero-order valence-corrected chi connectivity index (χ0v) is 30.9. The fourth-order valence-corrected chi connectivity index (χ4v) is 5.85. The summed E-state index contributed by atoms with van der Waals surface area (Å²) in [5.41, 5.74) is -0.203. The second kappa shape index (κ2) is 15.9. The van der Waals surface area contributed by atoms with E-state index in [2.05, 4.69) is 5.32 Å². The van der Waals surface area contributed by atoms with Gasteiger partial charge in [-0.05, 0) is 100 Å². The van der Waals surface area contributed by atoms with Crippen LogP contribution >= 0.6 is 0 Å². The van der Waals surface area contributed by atoms with Gasteiger partial charge >= 0.3 is 12.2 Å². The number of pyridine rings is 1. The van der Waals surface area contributed by atoms with E-state index in [0.717, 1.165) is 12.8 Å². The summed E-state index contributed by atoms with van der Waals surface area (Å²) in [6.45, 7) is 12.2. The minimum absolute atomic E-state index is 0.0672. The van der Waals surface area contributed by atoms with Crippen molar-refractivity contribution < 1.29 is 33.0 Å². The molecular formula is C38H50FN5O7. The number of nitrogens with zero attached hydrogens (tertiary/aromatic N) is 4. The first-order valence-electron chi connectivity index (χ1n) is 17.2. The summed E-state index contributed by atoms with van der Waals surface area (Å²) in [6.07, 6.45) is 4.45. The Hall–Kier alpha value is -4.94. The molecule has 51 heavy (non-hydrogen) atoms. The summed E-state index contributed by atoms with van der Waals surface area (Å²) in [4.78, 5) is 68.8. The van der Waals surface area contributed by atoms with Crippen LogP contribution in [0.1, 0.15) is 78.5 Å². The molecule has 1 saturated heterocycles. The van der Waals surface area contributed by atoms with Crippen LogP contribution in [-0.2, 0) is 32.0 Å².